The number of hydrogen-bond donors (Lipinski definition) is 3. The van der Waals surface area contributed by atoms with Crippen molar-refractivity contribution in [3.05, 3.63) is 23.8 Å². The molecule has 0 heterocycles. The molecule has 1 aliphatic rings. The zero-order valence-electron chi connectivity index (χ0n) is 12.5. The normalized spacial score (nSPS) is 17.2. The van der Waals surface area contributed by atoms with Crippen molar-refractivity contribution < 1.29 is 14.6 Å². The van der Waals surface area contributed by atoms with Crippen LogP contribution in [0, 0.1) is 0 Å². The fourth-order valence-electron chi connectivity index (χ4n) is 2.87. The Hall–Kier alpha value is -1.75. The number of amides is 1. The fraction of sp³-hybridized carbons (Fsp3) is 0.562. The van der Waals surface area contributed by atoms with Gasteiger partial charge in [0.15, 0.2) is 0 Å². The Bertz CT molecular complexity index is 496. The molecule has 4 N–H and O–H groups in total. The first-order chi connectivity index (χ1) is 10.1. The van der Waals surface area contributed by atoms with Gasteiger partial charge >= 0.3 is 0 Å². The van der Waals surface area contributed by atoms with Crippen LogP contribution in [-0.2, 0) is 0 Å². The predicted molar refractivity (Wildman–Crippen MR) is 82.4 cm³/mol. The van der Waals surface area contributed by atoms with Crippen LogP contribution in [0.2, 0.25) is 0 Å². The molecule has 0 unspecified atom stereocenters. The average molecular weight is 292 g/mol. The van der Waals surface area contributed by atoms with Gasteiger partial charge in [-0.05, 0) is 31.9 Å². The highest BCUT2D eigenvalue weighted by molar-refractivity contribution is 5.96. The van der Waals surface area contributed by atoms with Gasteiger partial charge in [-0.2, -0.15) is 0 Å². The fourth-order valence-corrected chi connectivity index (χ4v) is 2.87. The first-order valence-electron chi connectivity index (χ1n) is 7.55. The van der Waals surface area contributed by atoms with Crippen LogP contribution in [0.4, 0.5) is 5.69 Å². The van der Waals surface area contributed by atoms with Crippen LogP contribution in [0.25, 0.3) is 0 Å². The Morgan fingerprint density at radius 3 is 2.67 bits per heavy atom. The van der Waals surface area contributed by atoms with Gasteiger partial charge in [0.2, 0.25) is 0 Å². The first kappa shape index (κ1) is 15.6. The van der Waals surface area contributed by atoms with Crippen molar-refractivity contribution in [2.24, 2.45) is 0 Å². The lowest BCUT2D eigenvalue weighted by atomic mass is 9.82. The number of ether oxygens (including phenoxy) is 1. The van der Waals surface area contributed by atoms with E-state index in [1.807, 2.05) is 6.92 Å². The first-order valence-corrected chi connectivity index (χ1v) is 7.55. The number of anilines is 1. The summed E-state index contributed by atoms with van der Waals surface area (Å²) in [6, 6.07) is 5.01. The quantitative estimate of drug-likeness (QED) is 0.726. The van der Waals surface area contributed by atoms with Crippen LogP contribution in [0.1, 0.15) is 49.4 Å². The number of carbonyl (C=O) groups excluding carboxylic acids is 1. The maximum absolute atomic E-state index is 12.5. The molecule has 116 valence electrons. The van der Waals surface area contributed by atoms with Crippen molar-refractivity contribution in [1.82, 2.24) is 5.32 Å². The molecule has 0 spiro atoms. The molecule has 1 aliphatic carbocycles. The van der Waals surface area contributed by atoms with Crippen molar-refractivity contribution in [1.29, 1.82) is 0 Å². The molecule has 0 aliphatic heterocycles. The highest BCUT2D eigenvalue weighted by Crippen LogP contribution is 2.28. The SMILES string of the molecule is CCOc1cc(N)cc(C(=O)NC2(CO)CCCCC2)c1. The van der Waals surface area contributed by atoms with E-state index in [0.29, 0.717) is 23.6 Å². The van der Waals surface area contributed by atoms with E-state index in [-0.39, 0.29) is 12.5 Å². The maximum Gasteiger partial charge on any atom is 0.252 e. The standard InChI is InChI=1S/C16H24N2O3/c1-2-21-14-9-12(8-13(17)10-14)15(20)18-16(11-19)6-4-3-5-7-16/h8-10,19H,2-7,11,17H2,1H3,(H,18,20). The minimum absolute atomic E-state index is 0.0284. The molecule has 0 radical (unpaired) electrons. The number of nitrogens with two attached hydrogens (primary N) is 1. The summed E-state index contributed by atoms with van der Waals surface area (Å²) in [5.74, 6) is 0.378. The van der Waals surface area contributed by atoms with E-state index in [2.05, 4.69) is 5.32 Å². The Morgan fingerprint density at radius 2 is 2.05 bits per heavy atom. The van der Waals surface area contributed by atoms with Crippen LogP contribution < -0.4 is 15.8 Å². The van der Waals surface area contributed by atoms with Gasteiger partial charge < -0.3 is 20.9 Å². The van der Waals surface area contributed by atoms with Crippen molar-refractivity contribution >= 4 is 11.6 Å². The van der Waals surface area contributed by atoms with E-state index in [1.165, 1.54) is 0 Å². The van der Waals surface area contributed by atoms with Crippen molar-refractivity contribution in [2.75, 3.05) is 18.9 Å². The number of hydrogen-bond acceptors (Lipinski definition) is 4. The average Bonchev–Trinajstić information content (AvgIpc) is 2.48. The van der Waals surface area contributed by atoms with Gasteiger partial charge in [-0.25, -0.2) is 0 Å². The molecular weight excluding hydrogens is 268 g/mol. The van der Waals surface area contributed by atoms with Crippen LogP contribution in [-0.4, -0.2) is 29.8 Å². The maximum atomic E-state index is 12.5. The summed E-state index contributed by atoms with van der Waals surface area (Å²) in [6.45, 7) is 2.37. The number of carbonyl (C=O) groups is 1. The third-order valence-electron chi connectivity index (χ3n) is 3.99. The van der Waals surface area contributed by atoms with E-state index in [1.54, 1.807) is 18.2 Å². The number of aliphatic hydroxyl groups excluding tert-OH is 1. The van der Waals surface area contributed by atoms with E-state index in [4.69, 9.17) is 10.5 Å². The predicted octanol–water partition coefficient (Wildman–Crippen LogP) is 2.09. The summed E-state index contributed by atoms with van der Waals surface area (Å²) in [5, 5.41) is 12.7. The van der Waals surface area contributed by atoms with Gasteiger partial charge in [0.25, 0.3) is 5.91 Å². The molecule has 0 bridgehead atoms. The van der Waals surface area contributed by atoms with Gasteiger partial charge in [-0.1, -0.05) is 19.3 Å². The van der Waals surface area contributed by atoms with Gasteiger partial charge in [0.05, 0.1) is 18.8 Å². The second kappa shape index (κ2) is 6.80. The van der Waals surface area contributed by atoms with E-state index >= 15 is 0 Å². The molecule has 0 atom stereocenters. The highest BCUT2D eigenvalue weighted by Gasteiger charge is 2.33. The van der Waals surface area contributed by atoms with Crippen molar-refractivity contribution in [2.45, 2.75) is 44.6 Å². The second-order valence-electron chi connectivity index (χ2n) is 5.68. The number of nitrogens with one attached hydrogen (secondary N) is 1. The van der Waals surface area contributed by atoms with Crippen LogP contribution >= 0.6 is 0 Å². The third kappa shape index (κ3) is 3.88. The molecule has 1 fully saturated rings. The largest absolute Gasteiger partial charge is 0.494 e. The van der Waals surface area contributed by atoms with Crippen LogP contribution in [0.5, 0.6) is 5.75 Å². The molecule has 21 heavy (non-hydrogen) atoms. The summed E-state index contributed by atoms with van der Waals surface area (Å²) in [6.07, 6.45) is 4.85. The lowest BCUT2D eigenvalue weighted by Crippen LogP contribution is -2.52. The highest BCUT2D eigenvalue weighted by atomic mass is 16.5. The number of nitrogen functional groups attached to an aromatic ring is 1. The van der Waals surface area contributed by atoms with Crippen molar-refractivity contribution in [3.8, 4) is 5.75 Å². The van der Waals surface area contributed by atoms with Gasteiger partial charge in [0, 0.05) is 17.3 Å². The van der Waals surface area contributed by atoms with E-state index in [9.17, 15) is 9.90 Å². The second-order valence-corrected chi connectivity index (χ2v) is 5.68. The lowest BCUT2D eigenvalue weighted by Gasteiger charge is -2.36. The van der Waals surface area contributed by atoms with E-state index in [0.717, 1.165) is 32.1 Å². The molecule has 0 aromatic heterocycles. The van der Waals surface area contributed by atoms with Gasteiger partial charge in [0.1, 0.15) is 5.75 Å². The lowest BCUT2D eigenvalue weighted by molar-refractivity contribution is 0.0758. The molecule has 0 saturated heterocycles. The summed E-state index contributed by atoms with van der Waals surface area (Å²) in [5.41, 5.74) is 6.29. The Kier molecular flexibility index (Phi) is 5.07. The number of aliphatic hydroxyl groups is 1. The Morgan fingerprint density at radius 1 is 1.33 bits per heavy atom. The molecular formula is C16H24N2O3. The molecule has 1 saturated carbocycles. The molecule has 1 aromatic rings. The molecule has 1 aromatic carbocycles. The molecule has 5 heteroatoms. The minimum Gasteiger partial charge on any atom is -0.494 e. The van der Waals surface area contributed by atoms with Crippen molar-refractivity contribution in [3.63, 3.8) is 0 Å². The Labute approximate surface area is 125 Å². The van der Waals surface area contributed by atoms with Gasteiger partial charge in [-0.15, -0.1) is 0 Å². The Balaban J connectivity index is 2.15. The number of benzene rings is 1. The van der Waals surface area contributed by atoms with E-state index < -0.39 is 5.54 Å². The smallest absolute Gasteiger partial charge is 0.252 e. The molecule has 2 rings (SSSR count). The zero-order chi connectivity index (χ0) is 15.3. The monoisotopic (exact) mass is 292 g/mol. The zero-order valence-corrected chi connectivity index (χ0v) is 12.5. The van der Waals surface area contributed by atoms with Gasteiger partial charge in [-0.3, -0.25) is 4.79 Å². The summed E-state index contributed by atoms with van der Waals surface area (Å²) >= 11 is 0. The third-order valence-corrected chi connectivity index (χ3v) is 3.99. The molecule has 5 nitrogen and oxygen atoms in total. The number of rotatable bonds is 5. The van der Waals surface area contributed by atoms with Crippen LogP contribution in [0.15, 0.2) is 18.2 Å². The summed E-state index contributed by atoms with van der Waals surface area (Å²) in [7, 11) is 0. The topological polar surface area (TPSA) is 84.6 Å². The van der Waals surface area contributed by atoms with Crippen LogP contribution in [0.3, 0.4) is 0 Å². The molecule has 1 amide bonds. The summed E-state index contributed by atoms with van der Waals surface area (Å²) < 4.78 is 5.41. The summed E-state index contributed by atoms with van der Waals surface area (Å²) in [4.78, 5) is 12.5. The minimum atomic E-state index is -0.494.